The fourth-order valence-corrected chi connectivity index (χ4v) is 4.37. The largest absolute Gasteiger partial charge is 0.375 e. The van der Waals surface area contributed by atoms with E-state index in [1.54, 1.807) is 0 Å². The number of hydrogen-bond donors (Lipinski definition) is 1. The molecular weight excluding hydrogens is 342 g/mol. The summed E-state index contributed by atoms with van der Waals surface area (Å²) in [5.74, 6) is 0.767. The van der Waals surface area contributed by atoms with Crippen molar-refractivity contribution < 1.29 is 4.74 Å². The zero-order chi connectivity index (χ0) is 19.2. The molecule has 0 aromatic heterocycles. The summed E-state index contributed by atoms with van der Waals surface area (Å²) in [6.07, 6.45) is 7.36. The van der Waals surface area contributed by atoms with Gasteiger partial charge in [-0.15, -0.1) is 0 Å². The Morgan fingerprint density at radius 2 is 1.85 bits per heavy atom. The van der Waals surface area contributed by atoms with Crippen molar-refractivity contribution in [1.82, 2.24) is 5.32 Å². The summed E-state index contributed by atoms with van der Waals surface area (Å²) >= 11 is 6.01. The summed E-state index contributed by atoms with van der Waals surface area (Å²) in [6, 6.07) is 8.55. The quantitative estimate of drug-likeness (QED) is 0.510. The predicted molar refractivity (Wildman–Crippen MR) is 113 cm³/mol. The highest BCUT2D eigenvalue weighted by atomic mass is 35.5. The molecule has 1 N–H and O–H groups in total. The van der Waals surface area contributed by atoms with E-state index < -0.39 is 0 Å². The highest BCUT2D eigenvalue weighted by Gasteiger charge is 2.41. The molecule has 1 aromatic rings. The lowest BCUT2D eigenvalue weighted by Gasteiger charge is -2.47. The topological polar surface area (TPSA) is 21.3 Å². The molecule has 148 valence electrons. The van der Waals surface area contributed by atoms with Crippen LogP contribution < -0.4 is 5.32 Å². The Balaban J connectivity index is 1.96. The van der Waals surface area contributed by atoms with Crippen molar-refractivity contribution in [2.24, 2.45) is 11.3 Å². The summed E-state index contributed by atoms with van der Waals surface area (Å²) in [7, 11) is 0. The molecule has 26 heavy (non-hydrogen) atoms. The fraction of sp³-hybridized carbons (Fsp3) is 0.739. The summed E-state index contributed by atoms with van der Waals surface area (Å²) < 4.78 is 6.15. The molecule has 3 atom stereocenters. The number of hydrogen-bond acceptors (Lipinski definition) is 2. The van der Waals surface area contributed by atoms with Gasteiger partial charge in [-0.2, -0.15) is 0 Å². The van der Waals surface area contributed by atoms with Crippen LogP contribution in [0.3, 0.4) is 0 Å². The van der Waals surface area contributed by atoms with Gasteiger partial charge in [-0.3, -0.25) is 0 Å². The first-order valence-electron chi connectivity index (χ1n) is 10.4. The number of ether oxygens (including phenoxy) is 1. The van der Waals surface area contributed by atoms with Crippen LogP contribution in [0.15, 0.2) is 24.3 Å². The van der Waals surface area contributed by atoms with Crippen LogP contribution in [0.4, 0.5) is 0 Å². The molecule has 0 unspecified atom stereocenters. The monoisotopic (exact) mass is 379 g/mol. The maximum atomic E-state index is 6.15. The molecule has 1 aliphatic heterocycles. The Morgan fingerprint density at radius 3 is 2.46 bits per heavy atom. The average Bonchev–Trinajstić information content (AvgIpc) is 2.61. The molecule has 3 heteroatoms. The van der Waals surface area contributed by atoms with E-state index in [1.165, 1.54) is 37.7 Å². The van der Waals surface area contributed by atoms with Gasteiger partial charge in [0.05, 0.1) is 5.60 Å². The molecule has 1 heterocycles. The van der Waals surface area contributed by atoms with E-state index in [9.17, 15) is 0 Å². The van der Waals surface area contributed by atoms with Gasteiger partial charge >= 0.3 is 0 Å². The molecule has 0 amide bonds. The lowest BCUT2D eigenvalue weighted by molar-refractivity contribution is -0.123. The third-order valence-corrected chi connectivity index (χ3v) is 6.56. The van der Waals surface area contributed by atoms with Crippen LogP contribution in [0, 0.1) is 11.3 Å². The molecule has 0 radical (unpaired) electrons. The van der Waals surface area contributed by atoms with Crippen LogP contribution in [0.2, 0.25) is 5.02 Å². The molecule has 0 saturated carbocycles. The van der Waals surface area contributed by atoms with Crippen molar-refractivity contribution in [2.75, 3.05) is 13.2 Å². The van der Waals surface area contributed by atoms with Gasteiger partial charge in [-0.05, 0) is 81.5 Å². The second-order valence-electron chi connectivity index (χ2n) is 8.99. The van der Waals surface area contributed by atoms with E-state index in [-0.39, 0.29) is 5.60 Å². The standard InChI is InChI=1S/C23H38ClNO/c1-6-22(5)17-23(14-16-26-22,12-11-18(2)3)13-15-25-19(4)20-7-9-21(24)10-8-20/h7-10,18-19,25H,6,11-17H2,1-5H3/t19-,22-,23-/m1/s1. The van der Waals surface area contributed by atoms with E-state index in [4.69, 9.17) is 16.3 Å². The smallest absolute Gasteiger partial charge is 0.0657 e. The van der Waals surface area contributed by atoms with Gasteiger partial charge in [0.15, 0.2) is 0 Å². The number of rotatable bonds is 9. The van der Waals surface area contributed by atoms with Crippen molar-refractivity contribution in [1.29, 1.82) is 0 Å². The normalized spacial score (nSPS) is 27.7. The summed E-state index contributed by atoms with van der Waals surface area (Å²) in [5, 5.41) is 4.54. The Morgan fingerprint density at radius 1 is 1.15 bits per heavy atom. The van der Waals surface area contributed by atoms with Crippen molar-refractivity contribution >= 4 is 11.6 Å². The maximum Gasteiger partial charge on any atom is 0.0657 e. The molecule has 2 nitrogen and oxygen atoms in total. The predicted octanol–water partition coefficient (Wildman–Crippen LogP) is 6.78. The van der Waals surface area contributed by atoms with Gasteiger partial charge in [-0.1, -0.05) is 50.9 Å². The third-order valence-electron chi connectivity index (χ3n) is 6.31. The molecule has 1 aliphatic rings. The Hall–Kier alpha value is -0.570. The minimum Gasteiger partial charge on any atom is -0.375 e. The molecular formula is C23H38ClNO. The van der Waals surface area contributed by atoms with Gasteiger partial charge in [0.25, 0.3) is 0 Å². The van der Waals surface area contributed by atoms with Crippen LogP contribution in [0.1, 0.15) is 84.7 Å². The Labute approximate surface area is 166 Å². The van der Waals surface area contributed by atoms with Crippen LogP contribution >= 0.6 is 11.6 Å². The molecule has 0 spiro atoms. The van der Waals surface area contributed by atoms with Gasteiger partial charge in [0.1, 0.15) is 0 Å². The minimum atomic E-state index is 0.0526. The number of halogens is 1. The Kier molecular flexibility index (Phi) is 8.00. The van der Waals surface area contributed by atoms with E-state index in [1.807, 2.05) is 12.1 Å². The summed E-state index contributed by atoms with van der Waals surface area (Å²) in [5.41, 5.74) is 1.77. The maximum absolute atomic E-state index is 6.15. The average molecular weight is 380 g/mol. The summed E-state index contributed by atoms with van der Waals surface area (Å²) in [6.45, 7) is 13.5. The molecule has 1 aromatic carbocycles. The van der Waals surface area contributed by atoms with Crippen molar-refractivity contribution in [3.63, 3.8) is 0 Å². The van der Waals surface area contributed by atoms with E-state index >= 15 is 0 Å². The zero-order valence-electron chi connectivity index (χ0n) is 17.4. The molecule has 0 bridgehead atoms. The van der Waals surface area contributed by atoms with E-state index in [0.29, 0.717) is 11.5 Å². The molecule has 2 rings (SSSR count). The third kappa shape index (κ3) is 6.25. The highest BCUT2D eigenvalue weighted by molar-refractivity contribution is 6.30. The highest BCUT2D eigenvalue weighted by Crippen LogP contribution is 2.46. The van der Waals surface area contributed by atoms with Gasteiger partial charge in [0, 0.05) is 17.7 Å². The van der Waals surface area contributed by atoms with E-state index in [0.717, 1.165) is 30.5 Å². The Bertz CT molecular complexity index is 544. The number of benzene rings is 1. The van der Waals surface area contributed by atoms with Crippen LogP contribution in [-0.4, -0.2) is 18.8 Å². The molecule has 1 saturated heterocycles. The van der Waals surface area contributed by atoms with E-state index in [2.05, 4.69) is 52.1 Å². The zero-order valence-corrected chi connectivity index (χ0v) is 18.2. The van der Waals surface area contributed by atoms with Gasteiger partial charge in [0.2, 0.25) is 0 Å². The van der Waals surface area contributed by atoms with Crippen molar-refractivity contribution in [3.8, 4) is 0 Å². The van der Waals surface area contributed by atoms with Gasteiger partial charge < -0.3 is 10.1 Å². The molecule has 0 aliphatic carbocycles. The summed E-state index contributed by atoms with van der Waals surface area (Å²) in [4.78, 5) is 0. The first kappa shape index (κ1) is 21.7. The first-order valence-corrected chi connectivity index (χ1v) is 10.8. The second kappa shape index (κ2) is 9.57. The lowest BCUT2D eigenvalue weighted by Crippen LogP contribution is -2.44. The fourth-order valence-electron chi connectivity index (χ4n) is 4.24. The SMILES string of the molecule is CC[C@]1(C)C[C@@](CCN[C@H](C)c2ccc(Cl)cc2)(CCC(C)C)CCO1. The number of nitrogens with one attached hydrogen (secondary N) is 1. The minimum absolute atomic E-state index is 0.0526. The van der Waals surface area contributed by atoms with Gasteiger partial charge in [-0.25, -0.2) is 0 Å². The molecule has 1 fully saturated rings. The van der Waals surface area contributed by atoms with Crippen LogP contribution in [0.25, 0.3) is 0 Å². The van der Waals surface area contributed by atoms with Crippen LogP contribution in [0.5, 0.6) is 0 Å². The second-order valence-corrected chi connectivity index (χ2v) is 9.43. The van der Waals surface area contributed by atoms with Crippen molar-refractivity contribution in [3.05, 3.63) is 34.9 Å². The lowest BCUT2D eigenvalue weighted by atomic mass is 9.67. The first-order chi connectivity index (χ1) is 12.3. The van der Waals surface area contributed by atoms with Crippen LogP contribution in [-0.2, 0) is 4.74 Å². The van der Waals surface area contributed by atoms with Crippen molar-refractivity contribution in [2.45, 2.75) is 84.8 Å².